The van der Waals surface area contributed by atoms with Crippen LogP contribution >= 0.6 is 0 Å². The van der Waals surface area contributed by atoms with Gasteiger partial charge < -0.3 is 11.2 Å². The Morgan fingerprint density at radius 3 is 2.03 bits per heavy atom. The van der Waals surface area contributed by atoms with Gasteiger partial charge in [-0.1, -0.05) is 97.1 Å². The first-order chi connectivity index (χ1) is 18.8. The summed E-state index contributed by atoms with van der Waals surface area (Å²) >= 11 is 0. The molecule has 5 rings (SSSR count). The summed E-state index contributed by atoms with van der Waals surface area (Å²) in [5.41, 5.74) is 10.9. The Morgan fingerprint density at radius 2 is 1.38 bits per heavy atom. The van der Waals surface area contributed by atoms with E-state index in [-0.39, 0.29) is 4.90 Å². The van der Waals surface area contributed by atoms with Gasteiger partial charge in [-0.15, -0.1) is 0 Å². The lowest BCUT2D eigenvalue weighted by Gasteiger charge is -2.19. The average Bonchev–Trinajstić information content (AvgIpc) is 2.95. The molecule has 8 heteroatoms. The van der Waals surface area contributed by atoms with E-state index in [0.29, 0.717) is 12.3 Å². The van der Waals surface area contributed by atoms with Crippen molar-refractivity contribution >= 4 is 43.3 Å². The second-order valence-electron chi connectivity index (χ2n) is 9.26. The van der Waals surface area contributed by atoms with Crippen molar-refractivity contribution in [2.75, 3.05) is 7.05 Å². The predicted molar refractivity (Wildman–Crippen MR) is 156 cm³/mol. The Hall–Kier alpha value is -4.69. The zero-order valence-corrected chi connectivity index (χ0v) is 22.2. The smallest absolute Gasteiger partial charge is 0.264 e. The lowest BCUT2D eigenvalue weighted by molar-refractivity contribution is -0.120. The molecule has 0 fully saturated rings. The third kappa shape index (κ3) is 5.76. The zero-order valence-electron chi connectivity index (χ0n) is 21.3. The van der Waals surface area contributed by atoms with E-state index in [1.807, 2.05) is 91.0 Å². The lowest BCUT2D eigenvalue weighted by atomic mass is 9.89. The molecular formula is C31H28N4O3S. The maximum absolute atomic E-state index is 13.7. The highest BCUT2D eigenvalue weighted by Crippen LogP contribution is 2.27. The van der Waals surface area contributed by atoms with Gasteiger partial charge in [-0.3, -0.25) is 4.79 Å². The van der Waals surface area contributed by atoms with Crippen molar-refractivity contribution in [3.63, 3.8) is 0 Å². The number of hydrazone groups is 1. The van der Waals surface area contributed by atoms with Gasteiger partial charge in [0.25, 0.3) is 10.0 Å². The summed E-state index contributed by atoms with van der Waals surface area (Å²) in [7, 11) is -2.44. The normalized spacial score (nSPS) is 12.8. The molecule has 0 aromatic heterocycles. The number of benzene rings is 5. The molecule has 1 unspecified atom stereocenters. The summed E-state index contributed by atoms with van der Waals surface area (Å²) in [6.45, 7) is 0. The monoisotopic (exact) mass is 536 g/mol. The number of fused-ring (bicyclic) bond motifs is 2. The molecule has 5 aromatic rings. The molecule has 0 saturated heterocycles. The Balaban J connectivity index is 1.48. The number of carbonyl (C=O) groups is 1. The second-order valence-corrected chi connectivity index (χ2v) is 10.9. The van der Waals surface area contributed by atoms with Crippen molar-refractivity contribution in [1.29, 1.82) is 0 Å². The van der Waals surface area contributed by atoms with E-state index in [9.17, 15) is 13.2 Å². The van der Waals surface area contributed by atoms with Crippen molar-refractivity contribution in [1.82, 2.24) is 10.1 Å². The van der Waals surface area contributed by atoms with Crippen LogP contribution in [0.25, 0.3) is 21.5 Å². The molecule has 5 aromatic carbocycles. The van der Waals surface area contributed by atoms with Gasteiger partial charge >= 0.3 is 0 Å². The van der Waals surface area contributed by atoms with Crippen LogP contribution in [0.5, 0.6) is 0 Å². The molecule has 196 valence electrons. The fourth-order valence-electron chi connectivity index (χ4n) is 4.62. The number of carbonyl (C=O) groups excluding carboxylic acids is 1. The van der Waals surface area contributed by atoms with Gasteiger partial charge in [-0.25, -0.2) is 13.1 Å². The first-order valence-corrected chi connectivity index (χ1v) is 14.0. The van der Waals surface area contributed by atoms with Crippen LogP contribution in [0.4, 0.5) is 0 Å². The number of hydrogen-bond donors (Lipinski definition) is 3. The average molecular weight is 537 g/mol. The molecule has 0 radical (unpaired) electrons. The van der Waals surface area contributed by atoms with Crippen LogP contribution in [0, 0.1) is 0 Å². The van der Waals surface area contributed by atoms with Crippen LogP contribution in [0.15, 0.2) is 119 Å². The quantitative estimate of drug-likeness (QED) is 0.152. The number of nitrogens with one attached hydrogen (secondary N) is 2. The summed E-state index contributed by atoms with van der Waals surface area (Å²) < 4.78 is 28.9. The van der Waals surface area contributed by atoms with E-state index in [0.717, 1.165) is 38.2 Å². The fourth-order valence-corrected chi connectivity index (χ4v) is 5.67. The summed E-state index contributed by atoms with van der Waals surface area (Å²) in [4.78, 5) is 13.7. The minimum Gasteiger partial charge on any atom is -0.382 e. The zero-order chi connectivity index (χ0) is 27.4. The van der Waals surface area contributed by atoms with Crippen molar-refractivity contribution in [2.24, 2.45) is 10.8 Å². The van der Waals surface area contributed by atoms with E-state index in [2.05, 4.69) is 15.2 Å². The number of sulfonamides is 1. The van der Waals surface area contributed by atoms with E-state index in [1.165, 1.54) is 6.07 Å². The largest absolute Gasteiger partial charge is 0.382 e. The number of amidine groups is 1. The summed E-state index contributed by atoms with van der Waals surface area (Å²) in [5, 5.41) is 7.69. The highest BCUT2D eigenvalue weighted by Gasteiger charge is 2.27. The van der Waals surface area contributed by atoms with Crippen LogP contribution in [-0.4, -0.2) is 27.2 Å². The SMILES string of the molecule is CN/N=C(\N)c1ccc(CC(C(=O)NS(=O)(=O)c2ccc3ccccc3c2)c2ccc3ccccc3c2)cc1. The van der Waals surface area contributed by atoms with Crippen LogP contribution in [-0.2, 0) is 21.2 Å². The lowest BCUT2D eigenvalue weighted by Crippen LogP contribution is -2.35. The van der Waals surface area contributed by atoms with Crippen LogP contribution in [0.3, 0.4) is 0 Å². The van der Waals surface area contributed by atoms with Crippen LogP contribution in [0.2, 0.25) is 0 Å². The standard InChI is InChI=1S/C31H28N4O3S/c1-33-34-30(32)24-12-10-21(11-13-24)18-29(27-15-14-22-6-2-4-8-25(22)19-27)31(36)35-39(37,38)28-17-16-23-7-3-5-9-26(23)20-28/h2-17,19-20,29,33H,18H2,1H3,(H2,32,34)(H,35,36). The third-order valence-corrected chi connectivity index (χ3v) is 8.02. The summed E-state index contributed by atoms with van der Waals surface area (Å²) in [6, 6.07) is 33.3. The molecule has 0 aliphatic carbocycles. The van der Waals surface area contributed by atoms with Crippen molar-refractivity contribution in [3.05, 3.63) is 126 Å². The van der Waals surface area contributed by atoms with Gasteiger partial charge in [0.1, 0.15) is 0 Å². The molecule has 39 heavy (non-hydrogen) atoms. The Bertz CT molecular complexity index is 1800. The van der Waals surface area contributed by atoms with Gasteiger partial charge in [-0.05, 0) is 51.2 Å². The molecule has 0 bridgehead atoms. The van der Waals surface area contributed by atoms with Gasteiger partial charge in [0.2, 0.25) is 5.91 Å². The minimum absolute atomic E-state index is 0.0375. The summed E-state index contributed by atoms with van der Waals surface area (Å²) in [5.74, 6) is -1.01. The summed E-state index contributed by atoms with van der Waals surface area (Å²) in [6.07, 6.45) is 0.292. The van der Waals surface area contributed by atoms with E-state index >= 15 is 0 Å². The Morgan fingerprint density at radius 1 is 0.795 bits per heavy atom. The van der Waals surface area contributed by atoms with Gasteiger partial charge in [-0.2, -0.15) is 5.10 Å². The van der Waals surface area contributed by atoms with Gasteiger partial charge in [0, 0.05) is 12.6 Å². The maximum atomic E-state index is 13.7. The number of rotatable bonds is 8. The molecule has 0 heterocycles. The fraction of sp³-hybridized carbons (Fsp3) is 0.0968. The van der Waals surface area contributed by atoms with E-state index in [1.54, 1.807) is 19.2 Å². The first-order valence-electron chi connectivity index (χ1n) is 12.5. The van der Waals surface area contributed by atoms with Crippen molar-refractivity contribution in [2.45, 2.75) is 17.2 Å². The molecule has 0 spiro atoms. The van der Waals surface area contributed by atoms with Crippen molar-refractivity contribution in [3.8, 4) is 0 Å². The molecule has 0 saturated carbocycles. The number of nitrogens with two attached hydrogens (primary N) is 1. The minimum atomic E-state index is -4.10. The van der Waals surface area contributed by atoms with Crippen LogP contribution in [0.1, 0.15) is 22.6 Å². The van der Waals surface area contributed by atoms with E-state index in [4.69, 9.17) is 5.73 Å². The molecule has 0 aliphatic rings. The van der Waals surface area contributed by atoms with Gasteiger partial charge in [0.15, 0.2) is 5.84 Å². The van der Waals surface area contributed by atoms with E-state index < -0.39 is 21.8 Å². The predicted octanol–water partition coefficient (Wildman–Crippen LogP) is 4.66. The first kappa shape index (κ1) is 25.9. The molecule has 4 N–H and O–H groups in total. The molecule has 7 nitrogen and oxygen atoms in total. The molecule has 1 amide bonds. The number of amides is 1. The van der Waals surface area contributed by atoms with Crippen molar-refractivity contribution < 1.29 is 13.2 Å². The molecule has 1 atom stereocenters. The number of hydrogen-bond acceptors (Lipinski definition) is 5. The highest BCUT2D eigenvalue weighted by molar-refractivity contribution is 7.90. The third-order valence-electron chi connectivity index (χ3n) is 6.68. The van der Waals surface area contributed by atoms with Gasteiger partial charge in [0.05, 0.1) is 10.8 Å². The highest BCUT2D eigenvalue weighted by atomic mass is 32.2. The molecule has 0 aliphatic heterocycles. The Kier molecular flexibility index (Phi) is 7.29. The maximum Gasteiger partial charge on any atom is 0.264 e. The topological polar surface area (TPSA) is 114 Å². The second kappa shape index (κ2) is 11.0. The Labute approximate surface area is 227 Å². The number of nitrogens with zero attached hydrogens (tertiary/aromatic N) is 1. The molecular weight excluding hydrogens is 508 g/mol. The van der Waals surface area contributed by atoms with Crippen LogP contribution < -0.4 is 15.9 Å².